The summed E-state index contributed by atoms with van der Waals surface area (Å²) in [6.45, 7) is 5.00. The number of aryl methyl sites for hydroxylation is 1. The van der Waals surface area contributed by atoms with E-state index in [1.807, 2.05) is 37.4 Å². The zero-order valence-corrected chi connectivity index (χ0v) is 18.7. The Morgan fingerprint density at radius 1 is 1.06 bits per heavy atom. The van der Waals surface area contributed by atoms with E-state index in [1.54, 1.807) is 0 Å². The van der Waals surface area contributed by atoms with E-state index in [4.69, 9.17) is 14.7 Å². The zero-order chi connectivity index (χ0) is 21.8. The van der Waals surface area contributed by atoms with E-state index in [1.165, 1.54) is 5.56 Å². The lowest BCUT2D eigenvalue weighted by Crippen LogP contribution is -2.29. The maximum Gasteiger partial charge on any atom is 0.168 e. The fourth-order valence-corrected chi connectivity index (χ4v) is 3.63. The van der Waals surface area contributed by atoms with Crippen LogP contribution in [0.4, 0.5) is 5.82 Å². The van der Waals surface area contributed by atoms with Crippen molar-refractivity contribution in [2.24, 2.45) is 5.10 Å². The van der Waals surface area contributed by atoms with Crippen molar-refractivity contribution < 1.29 is 4.74 Å². The highest BCUT2D eigenvalue weighted by atomic mass is 16.5. The van der Waals surface area contributed by atoms with Gasteiger partial charge in [0.1, 0.15) is 18.2 Å². The Morgan fingerprint density at radius 2 is 1.90 bits per heavy atom. The Bertz CT molecular complexity index is 1080. The molecule has 4 rings (SSSR count). The monoisotopic (exact) mass is 418 g/mol. The van der Waals surface area contributed by atoms with E-state index in [-0.39, 0.29) is 5.92 Å². The van der Waals surface area contributed by atoms with Crippen LogP contribution in [0, 0.1) is 6.92 Å². The number of hydrogen-bond donors (Lipinski definition) is 1. The number of nitrogens with zero attached hydrogens (tertiary/aromatic N) is 5. The van der Waals surface area contributed by atoms with Gasteiger partial charge in [-0.1, -0.05) is 24.3 Å². The molecule has 1 aliphatic rings. The summed E-state index contributed by atoms with van der Waals surface area (Å²) in [5.41, 5.74) is 6.29. The Hall–Kier alpha value is -3.19. The van der Waals surface area contributed by atoms with Crippen LogP contribution in [0.25, 0.3) is 10.9 Å². The van der Waals surface area contributed by atoms with Gasteiger partial charge in [0, 0.05) is 44.2 Å². The Balaban J connectivity index is 1.68. The average Bonchev–Trinajstić information content (AvgIpc) is 3.31. The molecule has 1 aromatic heterocycles. The third-order valence-corrected chi connectivity index (χ3v) is 5.53. The van der Waals surface area contributed by atoms with Crippen molar-refractivity contribution in [2.75, 3.05) is 45.7 Å². The molecule has 1 unspecified atom stereocenters. The first-order valence-electron chi connectivity index (χ1n) is 10.6. The third kappa shape index (κ3) is 4.94. The fraction of sp³-hybridized carbons (Fsp3) is 0.375. The first-order valence-corrected chi connectivity index (χ1v) is 10.6. The van der Waals surface area contributed by atoms with Crippen molar-refractivity contribution in [3.05, 3.63) is 59.4 Å². The quantitative estimate of drug-likeness (QED) is 0.606. The number of fused-ring (bicyclic) bond motifs is 1. The maximum atomic E-state index is 6.03. The van der Waals surface area contributed by atoms with Crippen LogP contribution in [0.2, 0.25) is 0 Å². The summed E-state index contributed by atoms with van der Waals surface area (Å²) >= 11 is 0. The highest BCUT2D eigenvalue weighted by Crippen LogP contribution is 2.28. The molecule has 7 heteroatoms. The first kappa shape index (κ1) is 21.1. The Labute approximate surface area is 183 Å². The van der Waals surface area contributed by atoms with Gasteiger partial charge in [0.05, 0.1) is 5.52 Å². The maximum absolute atomic E-state index is 6.03. The van der Waals surface area contributed by atoms with Gasteiger partial charge >= 0.3 is 0 Å². The number of aromatic nitrogens is 2. The van der Waals surface area contributed by atoms with Gasteiger partial charge in [-0.05, 0) is 50.3 Å². The molecule has 31 heavy (non-hydrogen) atoms. The smallest absolute Gasteiger partial charge is 0.168 e. The number of nitrogens with one attached hydrogen (secondary N) is 1. The van der Waals surface area contributed by atoms with E-state index in [9.17, 15) is 0 Å². The summed E-state index contributed by atoms with van der Waals surface area (Å²) in [6, 6.07) is 14.4. The van der Waals surface area contributed by atoms with Crippen molar-refractivity contribution in [2.45, 2.75) is 19.4 Å². The van der Waals surface area contributed by atoms with Crippen molar-refractivity contribution in [3.8, 4) is 5.75 Å². The van der Waals surface area contributed by atoms with E-state index in [0.717, 1.165) is 47.7 Å². The lowest BCUT2D eigenvalue weighted by molar-refractivity contribution is 0.294. The van der Waals surface area contributed by atoms with Gasteiger partial charge in [-0.3, -0.25) is 0 Å². The van der Waals surface area contributed by atoms with E-state index in [0.29, 0.717) is 12.4 Å². The summed E-state index contributed by atoms with van der Waals surface area (Å²) in [5.74, 6) is 2.74. The van der Waals surface area contributed by atoms with Crippen LogP contribution in [-0.2, 0) is 6.61 Å². The molecule has 7 nitrogen and oxygen atoms in total. The van der Waals surface area contributed by atoms with Crippen molar-refractivity contribution >= 4 is 22.9 Å². The van der Waals surface area contributed by atoms with Crippen LogP contribution >= 0.6 is 0 Å². The van der Waals surface area contributed by atoms with Crippen LogP contribution in [0.5, 0.6) is 5.75 Å². The molecule has 0 spiro atoms. The van der Waals surface area contributed by atoms with E-state index in [2.05, 4.69) is 59.7 Å². The van der Waals surface area contributed by atoms with Crippen LogP contribution in [0.15, 0.2) is 47.6 Å². The highest BCUT2D eigenvalue weighted by Gasteiger charge is 2.17. The summed E-state index contributed by atoms with van der Waals surface area (Å²) in [7, 11) is 6.25. The molecule has 0 saturated heterocycles. The summed E-state index contributed by atoms with van der Waals surface area (Å²) in [4.78, 5) is 14.1. The Morgan fingerprint density at radius 3 is 2.65 bits per heavy atom. The summed E-state index contributed by atoms with van der Waals surface area (Å²) < 4.78 is 6.03. The molecular formula is C24H30N6O. The van der Waals surface area contributed by atoms with Crippen LogP contribution < -0.4 is 15.1 Å². The molecule has 0 fully saturated rings. The predicted molar refractivity (Wildman–Crippen MR) is 126 cm³/mol. The number of rotatable bonds is 8. The molecule has 162 valence electrons. The molecule has 2 heterocycles. The molecule has 1 N–H and O–H groups in total. The molecule has 2 aromatic carbocycles. The largest absolute Gasteiger partial charge is 0.485 e. The molecule has 0 amide bonds. The normalized spacial score (nSPS) is 15.5. The zero-order valence-electron chi connectivity index (χ0n) is 18.7. The van der Waals surface area contributed by atoms with Gasteiger partial charge in [-0.15, -0.1) is 0 Å². The Kier molecular flexibility index (Phi) is 6.32. The molecule has 1 atom stereocenters. The number of hydrazone groups is 1. The molecular weight excluding hydrogens is 388 g/mol. The number of para-hydroxylation sites is 1. The minimum Gasteiger partial charge on any atom is -0.485 e. The second-order valence-corrected chi connectivity index (χ2v) is 8.27. The van der Waals surface area contributed by atoms with E-state index < -0.39 is 0 Å². The van der Waals surface area contributed by atoms with Gasteiger partial charge in [0.25, 0.3) is 0 Å². The van der Waals surface area contributed by atoms with E-state index >= 15 is 0 Å². The number of likely N-dealkylation sites (N-methyl/N-ethyl adjacent to an activating group) is 2. The van der Waals surface area contributed by atoms with Gasteiger partial charge in [-0.25, -0.2) is 9.97 Å². The van der Waals surface area contributed by atoms with Crippen LogP contribution in [0.1, 0.15) is 22.9 Å². The minimum atomic E-state index is 0.272. The van der Waals surface area contributed by atoms with Gasteiger partial charge in [0.2, 0.25) is 0 Å². The topological polar surface area (TPSA) is 65.9 Å². The molecule has 0 saturated carbocycles. The number of ether oxygens (including phenoxy) is 1. The van der Waals surface area contributed by atoms with Crippen LogP contribution in [-0.4, -0.2) is 61.9 Å². The van der Waals surface area contributed by atoms with Gasteiger partial charge in [0.15, 0.2) is 5.82 Å². The molecule has 0 radical (unpaired) electrons. The number of benzene rings is 2. The molecule has 1 aliphatic heterocycles. The predicted octanol–water partition coefficient (Wildman–Crippen LogP) is 3.19. The molecule has 3 aromatic rings. The van der Waals surface area contributed by atoms with Crippen molar-refractivity contribution in [1.29, 1.82) is 0 Å². The number of anilines is 1. The van der Waals surface area contributed by atoms with Gasteiger partial charge < -0.3 is 20.0 Å². The molecule has 0 bridgehead atoms. The first-order chi connectivity index (χ1) is 15.0. The highest BCUT2D eigenvalue weighted by molar-refractivity contribution is 5.91. The second-order valence-electron chi connectivity index (χ2n) is 8.27. The van der Waals surface area contributed by atoms with Gasteiger partial charge in [-0.2, -0.15) is 5.10 Å². The summed E-state index contributed by atoms with van der Waals surface area (Å²) in [5, 5.41) is 5.22. The number of hydrogen-bond acceptors (Lipinski definition) is 7. The lowest BCUT2D eigenvalue weighted by atomic mass is 9.99. The second kappa shape index (κ2) is 9.31. The SMILES string of the molecule is Cc1ccccc1OCc1nc(N(C)CCN(C)C)c2cc(C3C=NNC3)ccc2n1. The minimum absolute atomic E-state index is 0.272. The third-order valence-electron chi connectivity index (χ3n) is 5.53. The lowest BCUT2D eigenvalue weighted by Gasteiger charge is -2.23. The summed E-state index contributed by atoms with van der Waals surface area (Å²) in [6.07, 6.45) is 1.96. The fourth-order valence-electron chi connectivity index (χ4n) is 3.63. The average molecular weight is 419 g/mol. The molecule has 0 aliphatic carbocycles. The van der Waals surface area contributed by atoms with Crippen molar-refractivity contribution in [1.82, 2.24) is 20.3 Å². The van der Waals surface area contributed by atoms with Crippen LogP contribution in [0.3, 0.4) is 0 Å². The standard InChI is InChI=1S/C24H30N6O/c1-17-7-5-6-8-22(17)31-16-23-27-21-10-9-18(19-14-25-26-15-19)13-20(21)24(28-23)30(4)12-11-29(2)3/h5-10,13-14,19,26H,11-12,15-16H2,1-4H3. The van der Waals surface area contributed by atoms with Crippen molar-refractivity contribution in [3.63, 3.8) is 0 Å².